The molecule has 0 spiro atoms. The van der Waals surface area contributed by atoms with Crippen LogP contribution in [-0.4, -0.2) is 6.54 Å². The minimum Gasteiger partial charge on any atom is -0.344 e. The number of rotatable bonds is 6. The molecule has 1 heteroatoms. The average molecular weight is 271 g/mol. The first-order chi connectivity index (χ1) is 9.52. The van der Waals surface area contributed by atoms with Crippen molar-refractivity contribution in [2.24, 2.45) is 5.92 Å². The standard InChI is InChI=1S/C19H29N/c1-6-8-11-16(7-2)14-20-15(3)19(4,5)17-12-9-10-13-18(17)20/h9-10,12-13,16H,3,6-8,11,14H2,1-2,4-5H3. The summed E-state index contributed by atoms with van der Waals surface area (Å²) in [7, 11) is 0. The molecule has 0 aliphatic carbocycles. The summed E-state index contributed by atoms with van der Waals surface area (Å²) in [5.41, 5.74) is 4.13. The fourth-order valence-electron chi connectivity index (χ4n) is 3.26. The number of hydrogen-bond acceptors (Lipinski definition) is 1. The van der Waals surface area contributed by atoms with E-state index in [4.69, 9.17) is 0 Å². The van der Waals surface area contributed by atoms with Crippen molar-refractivity contribution in [2.45, 2.75) is 58.8 Å². The lowest BCUT2D eigenvalue weighted by Gasteiger charge is -2.29. The summed E-state index contributed by atoms with van der Waals surface area (Å²) in [6.07, 6.45) is 5.22. The first-order valence-corrected chi connectivity index (χ1v) is 8.08. The van der Waals surface area contributed by atoms with Crippen LogP contribution in [0.5, 0.6) is 0 Å². The van der Waals surface area contributed by atoms with Crippen LogP contribution in [0.1, 0.15) is 58.9 Å². The largest absolute Gasteiger partial charge is 0.344 e. The molecular formula is C19H29N. The third kappa shape index (κ3) is 2.63. The topological polar surface area (TPSA) is 3.24 Å². The molecule has 1 aromatic rings. The molecule has 1 unspecified atom stereocenters. The van der Waals surface area contributed by atoms with Crippen molar-refractivity contribution in [3.63, 3.8) is 0 Å². The van der Waals surface area contributed by atoms with Gasteiger partial charge in [-0.05, 0) is 24.0 Å². The minimum absolute atomic E-state index is 0.0691. The lowest BCUT2D eigenvalue weighted by atomic mass is 9.84. The van der Waals surface area contributed by atoms with Crippen molar-refractivity contribution >= 4 is 5.69 Å². The van der Waals surface area contributed by atoms with Gasteiger partial charge in [0, 0.05) is 23.3 Å². The number of anilines is 1. The Bertz CT molecular complexity index is 472. The predicted octanol–water partition coefficient (Wildman–Crippen LogP) is 5.51. The second kappa shape index (κ2) is 6.03. The molecule has 0 bridgehead atoms. The number of allylic oxidation sites excluding steroid dienone is 1. The van der Waals surface area contributed by atoms with E-state index in [1.54, 1.807) is 0 Å². The van der Waals surface area contributed by atoms with Gasteiger partial charge in [-0.3, -0.25) is 0 Å². The maximum absolute atomic E-state index is 4.40. The molecule has 20 heavy (non-hydrogen) atoms. The van der Waals surface area contributed by atoms with Crippen molar-refractivity contribution in [2.75, 3.05) is 11.4 Å². The van der Waals surface area contributed by atoms with E-state index in [1.807, 2.05) is 0 Å². The Balaban J connectivity index is 2.22. The number of nitrogens with zero attached hydrogens (tertiary/aromatic N) is 1. The summed E-state index contributed by atoms with van der Waals surface area (Å²) < 4.78 is 0. The first kappa shape index (κ1) is 15.2. The van der Waals surface area contributed by atoms with Gasteiger partial charge in [0.15, 0.2) is 0 Å². The van der Waals surface area contributed by atoms with Gasteiger partial charge in [-0.1, -0.05) is 71.7 Å². The summed E-state index contributed by atoms with van der Waals surface area (Å²) in [5.74, 6) is 0.772. The van der Waals surface area contributed by atoms with Gasteiger partial charge in [0.1, 0.15) is 0 Å². The SMILES string of the molecule is C=C1N(CC(CC)CCCC)c2ccccc2C1(C)C. The van der Waals surface area contributed by atoms with Crippen LogP contribution in [0, 0.1) is 5.92 Å². The van der Waals surface area contributed by atoms with Gasteiger partial charge in [-0.15, -0.1) is 0 Å². The molecule has 1 aliphatic heterocycles. The molecule has 1 nitrogen and oxygen atoms in total. The highest BCUT2D eigenvalue weighted by atomic mass is 15.2. The first-order valence-electron chi connectivity index (χ1n) is 8.08. The molecule has 1 heterocycles. The van der Waals surface area contributed by atoms with Crippen LogP contribution >= 0.6 is 0 Å². The van der Waals surface area contributed by atoms with Gasteiger partial charge in [0.2, 0.25) is 0 Å². The van der Waals surface area contributed by atoms with E-state index in [0.717, 1.165) is 12.5 Å². The molecule has 0 fully saturated rings. The van der Waals surface area contributed by atoms with Crippen molar-refractivity contribution in [3.05, 3.63) is 42.1 Å². The molecule has 0 aromatic heterocycles. The molecule has 1 atom stereocenters. The minimum atomic E-state index is 0.0691. The van der Waals surface area contributed by atoms with Gasteiger partial charge in [0.05, 0.1) is 0 Å². The Morgan fingerprint density at radius 1 is 1.20 bits per heavy atom. The maximum atomic E-state index is 4.40. The van der Waals surface area contributed by atoms with Crippen molar-refractivity contribution < 1.29 is 0 Å². The highest BCUT2D eigenvalue weighted by Gasteiger charge is 2.38. The quantitative estimate of drug-likeness (QED) is 0.659. The van der Waals surface area contributed by atoms with E-state index in [9.17, 15) is 0 Å². The number of hydrogen-bond donors (Lipinski definition) is 0. The number of benzene rings is 1. The molecule has 1 aliphatic rings. The molecule has 2 rings (SSSR count). The number of fused-ring (bicyclic) bond motifs is 1. The second-order valence-corrected chi connectivity index (χ2v) is 6.62. The molecule has 0 saturated carbocycles. The lowest BCUT2D eigenvalue weighted by molar-refractivity contribution is 0.451. The van der Waals surface area contributed by atoms with Crippen LogP contribution in [-0.2, 0) is 5.41 Å². The van der Waals surface area contributed by atoms with Crippen LogP contribution in [0.4, 0.5) is 5.69 Å². The van der Waals surface area contributed by atoms with E-state index >= 15 is 0 Å². The Morgan fingerprint density at radius 2 is 1.90 bits per heavy atom. The van der Waals surface area contributed by atoms with E-state index in [1.165, 1.54) is 42.6 Å². The molecule has 0 saturated heterocycles. The Hall–Kier alpha value is -1.24. The smallest absolute Gasteiger partial charge is 0.0450 e. The van der Waals surface area contributed by atoms with Gasteiger partial charge >= 0.3 is 0 Å². The highest BCUT2D eigenvalue weighted by Crippen LogP contribution is 2.47. The van der Waals surface area contributed by atoms with Crippen LogP contribution in [0.2, 0.25) is 0 Å². The maximum Gasteiger partial charge on any atom is 0.0450 e. The zero-order chi connectivity index (χ0) is 14.8. The highest BCUT2D eigenvalue weighted by molar-refractivity contribution is 5.69. The lowest BCUT2D eigenvalue weighted by Crippen LogP contribution is -2.29. The Morgan fingerprint density at radius 3 is 2.55 bits per heavy atom. The zero-order valence-electron chi connectivity index (χ0n) is 13.6. The van der Waals surface area contributed by atoms with E-state index in [2.05, 4.69) is 63.4 Å². The normalized spacial score (nSPS) is 18.2. The van der Waals surface area contributed by atoms with Gasteiger partial charge in [-0.25, -0.2) is 0 Å². The van der Waals surface area contributed by atoms with Crippen LogP contribution in [0.15, 0.2) is 36.5 Å². The average Bonchev–Trinajstić information content (AvgIpc) is 2.64. The van der Waals surface area contributed by atoms with Crippen molar-refractivity contribution in [3.8, 4) is 0 Å². The van der Waals surface area contributed by atoms with Gasteiger partial charge in [-0.2, -0.15) is 0 Å². The Labute approximate surface area is 124 Å². The van der Waals surface area contributed by atoms with Crippen LogP contribution in [0.25, 0.3) is 0 Å². The summed E-state index contributed by atoms with van der Waals surface area (Å²) in [5, 5.41) is 0. The Kier molecular flexibility index (Phi) is 4.57. The van der Waals surface area contributed by atoms with E-state index in [-0.39, 0.29) is 5.41 Å². The summed E-state index contributed by atoms with van der Waals surface area (Å²) in [6.45, 7) is 14.7. The molecular weight excluding hydrogens is 242 g/mol. The van der Waals surface area contributed by atoms with Crippen molar-refractivity contribution in [1.29, 1.82) is 0 Å². The summed E-state index contributed by atoms with van der Waals surface area (Å²) in [6, 6.07) is 8.80. The number of unbranched alkanes of at least 4 members (excludes halogenated alkanes) is 1. The molecule has 1 aromatic carbocycles. The monoisotopic (exact) mass is 271 g/mol. The molecule has 0 radical (unpaired) electrons. The zero-order valence-corrected chi connectivity index (χ0v) is 13.6. The van der Waals surface area contributed by atoms with E-state index < -0.39 is 0 Å². The third-order valence-electron chi connectivity index (χ3n) is 4.90. The molecule has 0 N–H and O–H groups in total. The van der Waals surface area contributed by atoms with Crippen LogP contribution in [0.3, 0.4) is 0 Å². The fourth-order valence-corrected chi connectivity index (χ4v) is 3.26. The predicted molar refractivity (Wildman–Crippen MR) is 89.3 cm³/mol. The fraction of sp³-hybridized carbons (Fsp3) is 0.579. The van der Waals surface area contributed by atoms with E-state index in [0.29, 0.717) is 0 Å². The number of para-hydroxylation sites is 1. The second-order valence-electron chi connectivity index (χ2n) is 6.62. The third-order valence-corrected chi connectivity index (χ3v) is 4.90. The summed E-state index contributed by atoms with van der Waals surface area (Å²) >= 11 is 0. The van der Waals surface area contributed by atoms with Gasteiger partial charge in [0.25, 0.3) is 0 Å². The van der Waals surface area contributed by atoms with Gasteiger partial charge < -0.3 is 4.90 Å². The molecule has 110 valence electrons. The molecule has 0 amide bonds. The van der Waals surface area contributed by atoms with Crippen molar-refractivity contribution in [1.82, 2.24) is 0 Å². The van der Waals surface area contributed by atoms with Crippen LogP contribution < -0.4 is 4.90 Å². The summed E-state index contributed by atoms with van der Waals surface area (Å²) in [4.78, 5) is 2.47.